The van der Waals surface area contributed by atoms with Crippen LogP contribution in [0.2, 0.25) is 0 Å². The van der Waals surface area contributed by atoms with E-state index in [-0.39, 0.29) is 11.7 Å². The van der Waals surface area contributed by atoms with E-state index in [2.05, 4.69) is 0 Å². The number of benzene rings is 2. The zero-order chi connectivity index (χ0) is 16.5. The first-order chi connectivity index (χ1) is 11.2. The average molecular weight is 314 g/mol. The Bertz CT molecular complexity index is 599. The minimum absolute atomic E-state index is 0.103. The lowest BCUT2D eigenvalue weighted by molar-refractivity contribution is -0.131. The minimum atomic E-state index is -0.256. The molecule has 23 heavy (non-hydrogen) atoms. The van der Waals surface area contributed by atoms with Crippen LogP contribution < -0.4 is 5.73 Å². The second-order valence-corrected chi connectivity index (χ2v) is 5.57. The molecule has 0 heterocycles. The Morgan fingerprint density at radius 1 is 1.00 bits per heavy atom. The van der Waals surface area contributed by atoms with Gasteiger partial charge in [-0.1, -0.05) is 42.5 Å². The smallest absolute Gasteiger partial charge is 0.223 e. The summed E-state index contributed by atoms with van der Waals surface area (Å²) < 4.78 is 12.9. The predicted molar refractivity (Wildman–Crippen MR) is 90.3 cm³/mol. The molecular weight excluding hydrogens is 291 g/mol. The zero-order valence-corrected chi connectivity index (χ0v) is 13.2. The highest BCUT2D eigenvalue weighted by Crippen LogP contribution is 2.10. The molecule has 2 aromatic carbocycles. The van der Waals surface area contributed by atoms with Crippen molar-refractivity contribution in [1.29, 1.82) is 0 Å². The highest BCUT2D eigenvalue weighted by molar-refractivity contribution is 5.76. The lowest BCUT2D eigenvalue weighted by Gasteiger charge is -2.23. The number of carbonyl (C=O) groups excluding carboxylic acids is 1. The van der Waals surface area contributed by atoms with Gasteiger partial charge in [0.05, 0.1) is 0 Å². The molecule has 122 valence electrons. The highest BCUT2D eigenvalue weighted by Gasteiger charge is 2.13. The average Bonchev–Trinajstić information content (AvgIpc) is 2.58. The van der Waals surface area contributed by atoms with Gasteiger partial charge < -0.3 is 10.6 Å². The van der Waals surface area contributed by atoms with Crippen LogP contribution in [-0.2, 0) is 17.8 Å². The molecule has 0 aliphatic heterocycles. The van der Waals surface area contributed by atoms with Gasteiger partial charge in [0.25, 0.3) is 0 Å². The number of carbonyl (C=O) groups is 1. The molecule has 2 rings (SSSR count). The number of rotatable bonds is 8. The number of nitrogens with zero attached hydrogens (tertiary/aromatic N) is 1. The van der Waals surface area contributed by atoms with E-state index in [1.165, 1.54) is 12.1 Å². The van der Waals surface area contributed by atoms with Crippen molar-refractivity contribution in [2.24, 2.45) is 5.73 Å². The molecule has 0 bridgehead atoms. The summed E-state index contributed by atoms with van der Waals surface area (Å²) in [6.07, 6.45) is 1.82. The van der Waals surface area contributed by atoms with Crippen LogP contribution in [0.5, 0.6) is 0 Å². The Kier molecular flexibility index (Phi) is 6.76. The molecule has 0 aliphatic rings. The lowest BCUT2D eigenvalue weighted by atomic mass is 10.1. The molecule has 0 aliphatic carbocycles. The van der Waals surface area contributed by atoms with Crippen molar-refractivity contribution in [3.63, 3.8) is 0 Å². The first kappa shape index (κ1) is 17.2. The summed E-state index contributed by atoms with van der Waals surface area (Å²) in [4.78, 5) is 14.4. The molecule has 2 aromatic rings. The van der Waals surface area contributed by atoms with Gasteiger partial charge in [0.2, 0.25) is 5.91 Å². The molecule has 0 aromatic heterocycles. The number of hydrogen-bond acceptors (Lipinski definition) is 2. The maximum atomic E-state index is 12.9. The minimum Gasteiger partial charge on any atom is -0.338 e. The number of hydrogen-bond donors (Lipinski definition) is 1. The molecule has 4 heteroatoms. The van der Waals surface area contributed by atoms with E-state index in [0.29, 0.717) is 32.5 Å². The number of nitrogens with two attached hydrogens (primary N) is 1. The van der Waals surface area contributed by atoms with Gasteiger partial charge in [-0.25, -0.2) is 4.39 Å². The molecule has 0 saturated carbocycles. The van der Waals surface area contributed by atoms with Gasteiger partial charge in [-0.2, -0.15) is 0 Å². The topological polar surface area (TPSA) is 46.3 Å². The third kappa shape index (κ3) is 5.83. The second kappa shape index (κ2) is 9.06. The summed E-state index contributed by atoms with van der Waals surface area (Å²) >= 11 is 0. The standard InChI is InChI=1S/C19H23FN2O/c20-18-10-7-16(8-11-18)9-12-19(23)22(14-4-13-21)15-17-5-2-1-3-6-17/h1-3,5-8,10-11H,4,9,12-15,21H2. The van der Waals surface area contributed by atoms with Crippen molar-refractivity contribution in [3.05, 3.63) is 71.5 Å². The monoisotopic (exact) mass is 314 g/mol. The fourth-order valence-electron chi connectivity index (χ4n) is 2.44. The van der Waals surface area contributed by atoms with E-state index in [0.717, 1.165) is 17.5 Å². The first-order valence-electron chi connectivity index (χ1n) is 7.95. The van der Waals surface area contributed by atoms with Crippen molar-refractivity contribution < 1.29 is 9.18 Å². The maximum Gasteiger partial charge on any atom is 0.223 e. The van der Waals surface area contributed by atoms with Gasteiger partial charge in [0.1, 0.15) is 5.82 Å². The molecule has 0 unspecified atom stereocenters. The van der Waals surface area contributed by atoms with Gasteiger partial charge in [0, 0.05) is 19.5 Å². The summed E-state index contributed by atoms with van der Waals surface area (Å²) in [5.41, 5.74) is 7.66. The van der Waals surface area contributed by atoms with Gasteiger partial charge in [-0.05, 0) is 42.6 Å². The molecular formula is C19H23FN2O. The lowest BCUT2D eigenvalue weighted by Crippen LogP contribution is -2.32. The normalized spacial score (nSPS) is 10.5. The van der Waals surface area contributed by atoms with Gasteiger partial charge in [0.15, 0.2) is 0 Å². The molecule has 0 atom stereocenters. The molecule has 3 nitrogen and oxygen atoms in total. The van der Waals surface area contributed by atoms with Crippen LogP contribution in [0.3, 0.4) is 0 Å². The zero-order valence-electron chi connectivity index (χ0n) is 13.2. The van der Waals surface area contributed by atoms with Crippen LogP contribution in [0.15, 0.2) is 54.6 Å². The molecule has 1 amide bonds. The van der Waals surface area contributed by atoms with Crippen molar-refractivity contribution >= 4 is 5.91 Å². The Morgan fingerprint density at radius 2 is 1.70 bits per heavy atom. The van der Waals surface area contributed by atoms with Crippen LogP contribution in [0, 0.1) is 5.82 Å². The van der Waals surface area contributed by atoms with Crippen LogP contribution in [0.25, 0.3) is 0 Å². The van der Waals surface area contributed by atoms with Crippen LogP contribution in [-0.4, -0.2) is 23.9 Å². The van der Waals surface area contributed by atoms with Crippen LogP contribution in [0.4, 0.5) is 4.39 Å². The summed E-state index contributed by atoms with van der Waals surface area (Å²) in [6, 6.07) is 16.2. The molecule has 0 radical (unpaired) electrons. The van der Waals surface area contributed by atoms with E-state index >= 15 is 0 Å². The summed E-state index contributed by atoms with van der Waals surface area (Å²) in [5, 5.41) is 0. The van der Waals surface area contributed by atoms with E-state index in [1.807, 2.05) is 35.2 Å². The van der Waals surface area contributed by atoms with Crippen LogP contribution in [0.1, 0.15) is 24.0 Å². The van der Waals surface area contributed by atoms with E-state index in [4.69, 9.17) is 5.73 Å². The third-order valence-corrected chi connectivity index (χ3v) is 3.74. The number of aryl methyl sites for hydroxylation is 1. The van der Waals surface area contributed by atoms with Crippen molar-refractivity contribution in [2.45, 2.75) is 25.8 Å². The highest BCUT2D eigenvalue weighted by atomic mass is 19.1. The van der Waals surface area contributed by atoms with E-state index in [9.17, 15) is 9.18 Å². The number of halogens is 1. The summed E-state index contributed by atoms with van der Waals surface area (Å²) in [6.45, 7) is 1.83. The Balaban J connectivity index is 1.94. The predicted octanol–water partition coefficient (Wildman–Crippen LogP) is 3.14. The fourth-order valence-corrected chi connectivity index (χ4v) is 2.44. The van der Waals surface area contributed by atoms with Gasteiger partial charge in [-0.3, -0.25) is 4.79 Å². The largest absolute Gasteiger partial charge is 0.338 e. The summed E-state index contributed by atoms with van der Waals surface area (Å²) in [7, 11) is 0. The summed E-state index contributed by atoms with van der Waals surface area (Å²) in [5.74, 6) is -0.152. The van der Waals surface area contributed by atoms with Crippen molar-refractivity contribution in [3.8, 4) is 0 Å². The Labute approximate surface area is 136 Å². The number of amides is 1. The Morgan fingerprint density at radius 3 is 2.35 bits per heavy atom. The third-order valence-electron chi connectivity index (χ3n) is 3.74. The van der Waals surface area contributed by atoms with Gasteiger partial charge in [-0.15, -0.1) is 0 Å². The van der Waals surface area contributed by atoms with E-state index in [1.54, 1.807) is 12.1 Å². The SMILES string of the molecule is NCCCN(Cc1ccccc1)C(=O)CCc1ccc(F)cc1. The van der Waals surface area contributed by atoms with Gasteiger partial charge >= 0.3 is 0 Å². The molecule has 0 fully saturated rings. The van der Waals surface area contributed by atoms with Crippen LogP contribution >= 0.6 is 0 Å². The van der Waals surface area contributed by atoms with Crippen molar-refractivity contribution in [2.75, 3.05) is 13.1 Å². The quantitative estimate of drug-likeness (QED) is 0.813. The Hall–Kier alpha value is -2.20. The van der Waals surface area contributed by atoms with Crippen molar-refractivity contribution in [1.82, 2.24) is 4.90 Å². The molecule has 0 spiro atoms. The molecule has 2 N–H and O–H groups in total. The maximum absolute atomic E-state index is 12.9. The fraction of sp³-hybridized carbons (Fsp3) is 0.316. The first-order valence-corrected chi connectivity index (χ1v) is 7.95. The second-order valence-electron chi connectivity index (χ2n) is 5.57. The van der Waals surface area contributed by atoms with E-state index < -0.39 is 0 Å². The molecule has 0 saturated heterocycles.